The molecule has 0 bridgehead atoms. The minimum absolute atomic E-state index is 0.0533. The van der Waals surface area contributed by atoms with Crippen LogP contribution >= 0.6 is 0 Å². The van der Waals surface area contributed by atoms with Crippen LogP contribution in [0.1, 0.15) is 31.4 Å². The smallest absolute Gasteiger partial charge is 0.350 e. The Labute approximate surface area is 161 Å². The summed E-state index contributed by atoms with van der Waals surface area (Å²) in [5.41, 5.74) is 6.62. The maximum Gasteiger partial charge on any atom is 0.350 e. The van der Waals surface area contributed by atoms with Gasteiger partial charge in [0, 0.05) is 30.7 Å². The van der Waals surface area contributed by atoms with Crippen molar-refractivity contribution in [3.63, 3.8) is 0 Å². The fraction of sp³-hybridized carbons (Fsp3) is 0.579. The number of aryl methyl sites for hydroxylation is 1. The van der Waals surface area contributed by atoms with Crippen molar-refractivity contribution in [3.05, 3.63) is 38.5 Å². The van der Waals surface area contributed by atoms with Crippen LogP contribution in [0.5, 0.6) is 0 Å². The number of benzene rings is 1. The SMILES string of the molecule is Cc1c(N2C[C@H]([C@@H](C)OCN)[C@H](F)C2)ccc2c(=O)n(N)c(=O)n(C3CC3)c12. The molecule has 8 nitrogen and oxygen atoms in total. The van der Waals surface area contributed by atoms with E-state index in [2.05, 4.69) is 0 Å². The van der Waals surface area contributed by atoms with Crippen molar-refractivity contribution in [2.24, 2.45) is 11.7 Å². The van der Waals surface area contributed by atoms with Crippen LogP contribution in [0.4, 0.5) is 10.1 Å². The van der Waals surface area contributed by atoms with Gasteiger partial charge >= 0.3 is 5.69 Å². The molecule has 1 saturated heterocycles. The molecule has 3 atom stereocenters. The van der Waals surface area contributed by atoms with Crippen molar-refractivity contribution in [2.45, 2.75) is 45.0 Å². The first-order chi connectivity index (χ1) is 13.3. The molecule has 2 aromatic rings. The predicted molar refractivity (Wildman–Crippen MR) is 106 cm³/mol. The molecule has 0 amide bonds. The molecule has 1 saturated carbocycles. The largest absolute Gasteiger partial charge is 0.368 e. The lowest BCUT2D eigenvalue weighted by Crippen LogP contribution is -2.44. The molecular weight excluding hydrogens is 365 g/mol. The second-order valence-electron chi connectivity index (χ2n) is 7.79. The highest BCUT2D eigenvalue weighted by Crippen LogP contribution is 2.38. The number of rotatable bonds is 5. The molecule has 1 aromatic carbocycles. The molecule has 152 valence electrons. The molecule has 2 heterocycles. The van der Waals surface area contributed by atoms with Gasteiger partial charge in [0.05, 0.1) is 23.7 Å². The Kier molecular flexibility index (Phi) is 4.67. The average Bonchev–Trinajstić information content (AvgIpc) is 3.42. The summed E-state index contributed by atoms with van der Waals surface area (Å²) in [7, 11) is 0. The number of hydrogen-bond donors (Lipinski definition) is 2. The third kappa shape index (κ3) is 2.89. The lowest BCUT2D eigenvalue weighted by Gasteiger charge is -2.24. The Hall–Kier alpha value is -2.39. The van der Waals surface area contributed by atoms with Gasteiger partial charge in [0.25, 0.3) is 5.56 Å². The van der Waals surface area contributed by atoms with Crippen molar-refractivity contribution in [1.82, 2.24) is 9.24 Å². The molecule has 9 heteroatoms. The molecule has 1 aromatic heterocycles. The van der Waals surface area contributed by atoms with E-state index in [1.807, 2.05) is 24.8 Å². The van der Waals surface area contributed by atoms with Crippen LogP contribution in [0.3, 0.4) is 0 Å². The van der Waals surface area contributed by atoms with Gasteiger partial charge in [-0.1, -0.05) is 0 Å². The standard InChI is InChI=1S/C19H26FN5O3/c1-10-16(23-7-14(15(20)8-23)11(2)28-9-21)6-5-13-17(10)24(12-3-4-12)19(27)25(22)18(13)26/h5-6,11-12,14-15H,3-4,7-9,21-22H2,1-2H3/t11-,14-,15-/m1/s1. The van der Waals surface area contributed by atoms with E-state index in [0.29, 0.717) is 22.1 Å². The third-order valence-corrected chi connectivity index (χ3v) is 6.01. The van der Waals surface area contributed by atoms with Gasteiger partial charge < -0.3 is 21.2 Å². The van der Waals surface area contributed by atoms with Crippen molar-refractivity contribution >= 4 is 16.6 Å². The van der Waals surface area contributed by atoms with Gasteiger partial charge in [-0.05, 0) is 44.4 Å². The Bertz CT molecular complexity index is 1030. The minimum atomic E-state index is -1.04. The summed E-state index contributed by atoms with van der Waals surface area (Å²) in [6.45, 7) is 4.47. The van der Waals surface area contributed by atoms with Gasteiger partial charge in [-0.15, -0.1) is 0 Å². The second kappa shape index (κ2) is 6.89. The molecule has 4 rings (SSSR count). The van der Waals surface area contributed by atoms with Crippen LogP contribution in [0, 0.1) is 12.8 Å². The maximum absolute atomic E-state index is 14.7. The molecular formula is C19H26FN5O3. The van der Waals surface area contributed by atoms with Gasteiger partial charge in [-0.2, -0.15) is 4.68 Å². The van der Waals surface area contributed by atoms with Crippen LogP contribution in [0.15, 0.2) is 21.7 Å². The van der Waals surface area contributed by atoms with Crippen LogP contribution in [-0.4, -0.2) is 41.3 Å². The highest BCUT2D eigenvalue weighted by atomic mass is 19.1. The minimum Gasteiger partial charge on any atom is -0.368 e. The van der Waals surface area contributed by atoms with Crippen LogP contribution in [-0.2, 0) is 4.74 Å². The van der Waals surface area contributed by atoms with Gasteiger partial charge in [-0.3, -0.25) is 9.36 Å². The summed E-state index contributed by atoms with van der Waals surface area (Å²) >= 11 is 0. The third-order valence-electron chi connectivity index (χ3n) is 6.01. The molecule has 4 N–H and O–H groups in total. The first-order valence-electron chi connectivity index (χ1n) is 9.61. The monoisotopic (exact) mass is 391 g/mol. The van der Waals surface area contributed by atoms with Crippen LogP contribution < -0.4 is 27.7 Å². The highest BCUT2D eigenvalue weighted by molar-refractivity contribution is 5.87. The number of nitrogens with two attached hydrogens (primary N) is 2. The first-order valence-corrected chi connectivity index (χ1v) is 9.61. The molecule has 28 heavy (non-hydrogen) atoms. The number of fused-ring (bicyclic) bond motifs is 1. The lowest BCUT2D eigenvalue weighted by molar-refractivity contribution is 0.0152. The van der Waals surface area contributed by atoms with Crippen molar-refractivity contribution < 1.29 is 9.13 Å². The Balaban J connectivity index is 1.81. The van der Waals surface area contributed by atoms with Gasteiger partial charge in [-0.25, -0.2) is 9.18 Å². The fourth-order valence-corrected chi connectivity index (χ4v) is 4.32. The van der Waals surface area contributed by atoms with E-state index in [9.17, 15) is 14.0 Å². The van der Waals surface area contributed by atoms with Gasteiger partial charge in [0.15, 0.2) is 0 Å². The fourth-order valence-electron chi connectivity index (χ4n) is 4.32. The molecule has 1 aliphatic heterocycles. The number of aromatic nitrogens is 2. The summed E-state index contributed by atoms with van der Waals surface area (Å²) in [5, 5.41) is 0.405. The maximum atomic E-state index is 14.7. The number of alkyl halides is 1. The van der Waals surface area contributed by atoms with Crippen LogP contribution in [0.2, 0.25) is 0 Å². The van der Waals surface area contributed by atoms with E-state index in [0.717, 1.165) is 24.1 Å². The number of hydrogen-bond acceptors (Lipinski definition) is 6. The molecule has 0 unspecified atom stereocenters. The van der Waals surface area contributed by atoms with Gasteiger partial charge in [0.1, 0.15) is 6.17 Å². The molecule has 0 radical (unpaired) electrons. The average molecular weight is 391 g/mol. The van der Waals surface area contributed by atoms with Gasteiger partial charge in [0.2, 0.25) is 0 Å². The Morgan fingerprint density at radius 3 is 2.64 bits per heavy atom. The zero-order valence-electron chi connectivity index (χ0n) is 16.1. The number of ether oxygens (including phenoxy) is 1. The summed E-state index contributed by atoms with van der Waals surface area (Å²) in [6, 6.07) is 3.55. The van der Waals surface area contributed by atoms with Crippen molar-refractivity contribution in [1.29, 1.82) is 0 Å². The highest BCUT2D eigenvalue weighted by Gasteiger charge is 2.38. The number of anilines is 1. The Morgan fingerprint density at radius 2 is 2.00 bits per heavy atom. The first kappa shape index (κ1) is 18.9. The summed E-state index contributed by atoms with van der Waals surface area (Å²) < 4.78 is 22.3. The predicted octanol–water partition coefficient (Wildman–Crippen LogP) is 0.616. The number of nitrogen functional groups attached to an aromatic ring is 1. The van der Waals surface area contributed by atoms with E-state index < -0.39 is 17.4 Å². The van der Waals surface area contributed by atoms with Crippen molar-refractivity contribution in [3.8, 4) is 0 Å². The van der Waals surface area contributed by atoms with E-state index >= 15 is 0 Å². The van der Waals surface area contributed by atoms with Crippen molar-refractivity contribution in [2.75, 3.05) is 30.6 Å². The number of nitrogens with zero attached hydrogens (tertiary/aromatic N) is 3. The topological polar surface area (TPSA) is 109 Å². The summed E-state index contributed by atoms with van der Waals surface area (Å²) in [5.74, 6) is 5.42. The van der Waals surface area contributed by atoms with E-state index in [1.165, 1.54) is 0 Å². The number of halogens is 1. The molecule has 2 aliphatic rings. The van der Waals surface area contributed by atoms with E-state index in [4.69, 9.17) is 16.3 Å². The van der Waals surface area contributed by atoms with E-state index in [1.54, 1.807) is 10.6 Å². The molecule has 2 fully saturated rings. The van der Waals surface area contributed by atoms with E-state index in [-0.39, 0.29) is 31.3 Å². The second-order valence-corrected chi connectivity index (χ2v) is 7.79. The molecule has 0 spiro atoms. The Morgan fingerprint density at radius 1 is 1.29 bits per heavy atom. The lowest BCUT2D eigenvalue weighted by atomic mass is 10.0. The summed E-state index contributed by atoms with van der Waals surface area (Å²) in [6.07, 6.45) is 0.422. The normalized spacial score (nSPS) is 23.5. The zero-order chi connectivity index (χ0) is 20.2. The van der Waals surface area contributed by atoms with Crippen LogP contribution in [0.25, 0.3) is 10.9 Å². The molecule has 1 aliphatic carbocycles. The summed E-state index contributed by atoms with van der Waals surface area (Å²) in [4.78, 5) is 27.1. The quantitative estimate of drug-likeness (QED) is 0.571. The zero-order valence-corrected chi connectivity index (χ0v) is 16.1.